The van der Waals surface area contributed by atoms with E-state index >= 15 is 0 Å². The number of nitrogens with zero attached hydrogens (tertiary/aromatic N) is 1. The standard InChI is InChI=1S/C16H25FN2/c1-12-7-6-10-19(12)15-13(8-5-9-14(15)17)11-18-16(2,3)4/h5,8-9,12,18H,6-7,10-11H2,1-4H3. The van der Waals surface area contributed by atoms with Crippen LogP contribution in [-0.2, 0) is 6.54 Å². The molecule has 0 amide bonds. The van der Waals surface area contributed by atoms with Gasteiger partial charge in [-0.1, -0.05) is 12.1 Å². The van der Waals surface area contributed by atoms with E-state index in [2.05, 4.69) is 37.9 Å². The number of nitrogens with one attached hydrogen (secondary N) is 1. The van der Waals surface area contributed by atoms with E-state index in [0.717, 1.165) is 30.6 Å². The van der Waals surface area contributed by atoms with Crippen molar-refractivity contribution in [3.63, 3.8) is 0 Å². The summed E-state index contributed by atoms with van der Waals surface area (Å²) in [7, 11) is 0. The fourth-order valence-electron chi connectivity index (χ4n) is 2.65. The van der Waals surface area contributed by atoms with Gasteiger partial charge in [0.2, 0.25) is 0 Å². The summed E-state index contributed by atoms with van der Waals surface area (Å²) >= 11 is 0. The maximum atomic E-state index is 14.2. The summed E-state index contributed by atoms with van der Waals surface area (Å²) in [5, 5.41) is 3.45. The van der Waals surface area contributed by atoms with E-state index < -0.39 is 0 Å². The Morgan fingerprint density at radius 3 is 2.68 bits per heavy atom. The number of hydrogen-bond acceptors (Lipinski definition) is 2. The van der Waals surface area contributed by atoms with Crippen LogP contribution in [0.4, 0.5) is 10.1 Å². The predicted molar refractivity (Wildman–Crippen MR) is 79.0 cm³/mol. The summed E-state index contributed by atoms with van der Waals surface area (Å²) in [4.78, 5) is 2.22. The fraction of sp³-hybridized carbons (Fsp3) is 0.625. The van der Waals surface area contributed by atoms with Crippen molar-refractivity contribution in [3.05, 3.63) is 29.6 Å². The van der Waals surface area contributed by atoms with Gasteiger partial charge in [0.15, 0.2) is 0 Å². The van der Waals surface area contributed by atoms with E-state index in [-0.39, 0.29) is 11.4 Å². The molecule has 0 saturated carbocycles. The molecule has 0 aliphatic carbocycles. The van der Waals surface area contributed by atoms with Crippen molar-refractivity contribution >= 4 is 5.69 Å². The molecule has 106 valence electrons. The number of para-hydroxylation sites is 1. The first-order chi connectivity index (χ1) is 8.88. The monoisotopic (exact) mass is 264 g/mol. The molecule has 1 unspecified atom stereocenters. The van der Waals surface area contributed by atoms with Gasteiger partial charge < -0.3 is 10.2 Å². The van der Waals surface area contributed by atoms with Crippen molar-refractivity contribution in [3.8, 4) is 0 Å². The highest BCUT2D eigenvalue weighted by atomic mass is 19.1. The zero-order valence-electron chi connectivity index (χ0n) is 12.5. The van der Waals surface area contributed by atoms with Gasteiger partial charge in [-0.3, -0.25) is 0 Å². The summed E-state index contributed by atoms with van der Waals surface area (Å²) in [6.07, 6.45) is 2.31. The minimum Gasteiger partial charge on any atom is -0.366 e. The Bertz CT molecular complexity index is 437. The van der Waals surface area contributed by atoms with Gasteiger partial charge in [0.05, 0.1) is 5.69 Å². The average molecular weight is 264 g/mol. The Morgan fingerprint density at radius 1 is 1.37 bits per heavy atom. The van der Waals surface area contributed by atoms with Crippen LogP contribution in [0.5, 0.6) is 0 Å². The fourth-order valence-corrected chi connectivity index (χ4v) is 2.65. The number of anilines is 1. The van der Waals surface area contributed by atoms with Gasteiger partial charge in [-0.2, -0.15) is 0 Å². The molecule has 2 rings (SSSR count). The SMILES string of the molecule is CC1CCCN1c1c(F)cccc1CNC(C)(C)C. The lowest BCUT2D eigenvalue weighted by Gasteiger charge is -2.28. The topological polar surface area (TPSA) is 15.3 Å². The maximum Gasteiger partial charge on any atom is 0.146 e. The second kappa shape index (κ2) is 5.49. The zero-order chi connectivity index (χ0) is 14.0. The van der Waals surface area contributed by atoms with Gasteiger partial charge >= 0.3 is 0 Å². The summed E-state index contributed by atoms with van der Waals surface area (Å²) in [6.45, 7) is 10.2. The first kappa shape index (κ1) is 14.3. The van der Waals surface area contributed by atoms with Crippen LogP contribution in [-0.4, -0.2) is 18.1 Å². The second-order valence-corrected chi connectivity index (χ2v) is 6.54. The Labute approximate surface area is 116 Å². The molecular formula is C16H25FN2. The van der Waals surface area contributed by atoms with Gasteiger partial charge in [0.25, 0.3) is 0 Å². The molecule has 1 aromatic carbocycles. The lowest BCUT2D eigenvalue weighted by atomic mass is 10.1. The van der Waals surface area contributed by atoms with Gasteiger partial charge in [0.1, 0.15) is 5.82 Å². The van der Waals surface area contributed by atoms with Gasteiger partial charge in [-0.15, -0.1) is 0 Å². The van der Waals surface area contributed by atoms with E-state index in [1.54, 1.807) is 12.1 Å². The molecule has 2 nitrogen and oxygen atoms in total. The molecule has 1 heterocycles. The summed E-state index contributed by atoms with van der Waals surface area (Å²) in [6, 6.07) is 5.84. The van der Waals surface area contributed by atoms with Crippen LogP contribution in [0.15, 0.2) is 18.2 Å². The van der Waals surface area contributed by atoms with E-state index in [1.807, 2.05) is 6.07 Å². The highest BCUT2D eigenvalue weighted by molar-refractivity contribution is 5.56. The van der Waals surface area contributed by atoms with Crippen LogP contribution in [0, 0.1) is 5.82 Å². The molecule has 1 aliphatic rings. The minimum atomic E-state index is -0.0954. The lowest BCUT2D eigenvalue weighted by molar-refractivity contribution is 0.423. The van der Waals surface area contributed by atoms with E-state index in [4.69, 9.17) is 0 Å². The number of benzene rings is 1. The van der Waals surface area contributed by atoms with Crippen molar-refractivity contribution in [1.82, 2.24) is 5.32 Å². The molecule has 1 aliphatic heterocycles. The van der Waals surface area contributed by atoms with Gasteiger partial charge in [-0.25, -0.2) is 4.39 Å². The molecular weight excluding hydrogens is 239 g/mol. The minimum absolute atomic E-state index is 0.0419. The third-order valence-electron chi connectivity index (χ3n) is 3.72. The Morgan fingerprint density at radius 2 is 2.11 bits per heavy atom. The van der Waals surface area contributed by atoms with E-state index in [9.17, 15) is 4.39 Å². The van der Waals surface area contributed by atoms with E-state index in [1.165, 1.54) is 0 Å². The number of rotatable bonds is 3. The van der Waals surface area contributed by atoms with Crippen molar-refractivity contribution in [1.29, 1.82) is 0 Å². The molecule has 0 bridgehead atoms. The first-order valence-corrected chi connectivity index (χ1v) is 7.17. The zero-order valence-corrected chi connectivity index (χ0v) is 12.5. The van der Waals surface area contributed by atoms with E-state index in [0.29, 0.717) is 12.6 Å². The smallest absolute Gasteiger partial charge is 0.146 e. The Hall–Kier alpha value is -1.09. The molecule has 1 saturated heterocycles. The van der Waals surface area contributed by atoms with Crippen LogP contribution in [0.1, 0.15) is 46.1 Å². The van der Waals surface area contributed by atoms with Crippen molar-refractivity contribution in [2.24, 2.45) is 0 Å². The Balaban J connectivity index is 2.25. The molecule has 0 aromatic heterocycles. The summed E-state index contributed by atoms with van der Waals surface area (Å²) < 4.78 is 14.2. The molecule has 0 spiro atoms. The van der Waals surface area contributed by atoms with Crippen LogP contribution in [0.25, 0.3) is 0 Å². The molecule has 1 fully saturated rings. The predicted octanol–water partition coefficient (Wildman–Crippen LogP) is 3.70. The number of hydrogen-bond donors (Lipinski definition) is 1. The van der Waals surface area contributed by atoms with Gasteiger partial charge in [0, 0.05) is 24.7 Å². The molecule has 1 aromatic rings. The maximum absolute atomic E-state index is 14.2. The largest absolute Gasteiger partial charge is 0.366 e. The molecule has 1 atom stereocenters. The molecule has 3 heteroatoms. The van der Waals surface area contributed by atoms with Crippen LogP contribution in [0.3, 0.4) is 0 Å². The van der Waals surface area contributed by atoms with Crippen LogP contribution in [0.2, 0.25) is 0 Å². The molecule has 19 heavy (non-hydrogen) atoms. The second-order valence-electron chi connectivity index (χ2n) is 6.54. The van der Waals surface area contributed by atoms with Crippen molar-refractivity contribution in [2.75, 3.05) is 11.4 Å². The van der Waals surface area contributed by atoms with Crippen LogP contribution < -0.4 is 10.2 Å². The average Bonchev–Trinajstić information content (AvgIpc) is 2.72. The molecule has 0 radical (unpaired) electrons. The van der Waals surface area contributed by atoms with Crippen molar-refractivity contribution in [2.45, 2.75) is 58.7 Å². The molecule has 1 N–H and O–H groups in total. The van der Waals surface area contributed by atoms with Crippen LogP contribution >= 0.6 is 0 Å². The highest BCUT2D eigenvalue weighted by Crippen LogP contribution is 2.31. The number of halogens is 1. The Kier molecular flexibility index (Phi) is 4.14. The summed E-state index contributed by atoms with van der Waals surface area (Å²) in [5.74, 6) is -0.0954. The summed E-state index contributed by atoms with van der Waals surface area (Å²) in [5.41, 5.74) is 1.90. The lowest BCUT2D eigenvalue weighted by Crippen LogP contribution is -2.36. The first-order valence-electron chi connectivity index (χ1n) is 7.17. The highest BCUT2D eigenvalue weighted by Gasteiger charge is 2.25. The third-order valence-corrected chi connectivity index (χ3v) is 3.72. The normalized spacial score (nSPS) is 20.1. The quantitative estimate of drug-likeness (QED) is 0.895. The third kappa shape index (κ3) is 3.47. The van der Waals surface area contributed by atoms with Crippen molar-refractivity contribution < 1.29 is 4.39 Å². The van der Waals surface area contributed by atoms with Gasteiger partial charge in [-0.05, 0) is 52.2 Å².